The fourth-order valence-electron chi connectivity index (χ4n) is 9.32. The SMILES string of the molecule is CCCCCCCC/C=C\CCCCCCCC(=O)OCC(COC(=O)CCCCCCC/C=C\CCCCCCCC)(COC(=O)CCCCCCC/C=C\CCCCCCCC)NC(=O)CC[N+](C)(C)CC(=O)[O-]. The zero-order valence-corrected chi connectivity index (χ0v) is 50.0. The van der Waals surface area contributed by atoms with E-state index in [1.807, 2.05) is 0 Å². The maximum atomic E-state index is 13.7. The van der Waals surface area contributed by atoms with E-state index < -0.39 is 35.3 Å². The molecular formula is C65H118N2O9. The lowest BCUT2D eigenvalue weighted by Gasteiger charge is -2.34. The Hall–Kier alpha value is -3.47. The Morgan fingerprint density at radius 2 is 0.632 bits per heavy atom. The van der Waals surface area contributed by atoms with Gasteiger partial charge in [0.1, 0.15) is 31.9 Å². The quantitative estimate of drug-likeness (QED) is 0.0207. The molecule has 0 bridgehead atoms. The van der Waals surface area contributed by atoms with Crippen molar-refractivity contribution in [1.82, 2.24) is 5.32 Å². The predicted molar refractivity (Wildman–Crippen MR) is 314 cm³/mol. The highest BCUT2D eigenvalue weighted by atomic mass is 16.6. The van der Waals surface area contributed by atoms with Crippen LogP contribution in [0.25, 0.3) is 0 Å². The minimum atomic E-state index is -1.54. The van der Waals surface area contributed by atoms with Crippen LogP contribution in [0.3, 0.4) is 0 Å². The van der Waals surface area contributed by atoms with E-state index in [-0.39, 0.29) is 63.1 Å². The van der Waals surface area contributed by atoms with Crippen LogP contribution in [0.15, 0.2) is 36.5 Å². The molecule has 0 saturated carbocycles. The molecule has 0 atom stereocenters. The smallest absolute Gasteiger partial charge is 0.305 e. The molecule has 0 fully saturated rings. The van der Waals surface area contributed by atoms with Crippen LogP contribution >= 0.6 is 0 Å². The van der Waals surface area contributed by atoms with Gasteiger partial charge >= 0.3 is 17.9 Å². The molecular weight excluding hydrogens is 953 g/mol. The second-order valence-electron chi connectivity index (χ2n) is 22.8. The number of amides is 1. The van der Waals surface area contributed by atoms with Gasteiger partial charge < -0.3 is 33.9 Å². The number of ether oxygens (including phenoxy) is 3. The molecule has 0 aliphatic rings. The largest absolute Gasteiger partial charge is 0.544 e. The van der Waals surface area contributed by atoms with Crippen LogP contribution < -0.4 is 10.4 Å². The number of carbonyl (C=O) groups is 5. The van der Waals surface area contributed by atoms with Crippen LogP contribution in [0.5, 0.6) is 0 Å². The van der Waals surface area contributed by atoms with E-state index in [0.717, 1.165) is 116 Å². The number of likely N-dealkylation sites (N-methyl/N-ethyl adjacent to an activating group) is 1. The fraction of sp³-hybridized carbons (Fsp3) is 0.831. The Morgan fingerprint density at radius 3 is 0.895 bits per heavy atom. The van der Waals surface area contributed by atoms with Crippen molar-refractivity contribution in [3.63, 3.8) is 0 Å². The van der Waals surface area contributed by atoms with Gasteiger partial charge in [0.15, 0.2) is 0 Å². The van der Waals surface area contributed by atoms with E-state index in [1.165, 1.54) is 116 Å². The van der Waals surface area contributed by atoms with Gasteiger partial charge in [-0.2, -0.15) is 0 Å². The summed E-state index contributed by atoms with van der Waals surface area (Å²) in [5, 5.41) is 14.4. The molecule has 0 heterocycles. The highest BCUT2D eigenvalue weighted by molar-refractivity contribution is 5.77. The number of nitrogens with one attached hydrogen (secondary N) is 1. The molecule has 11 heteroatoms. The summed E-state index contributed by atoms with van der Waals surface area (Å²) in [5.41, 5.74) is -1.54. The Labute approximate surface area is 466 Å². The molecule has 11 nitrogen and oxygen atoms in total. The molecule has 0 saturated heterocycles. The van der Waals surface area contributed by atoms with E-state index in [9.17, 15) is 29.1 Å². The molecule has 0 aliphatic heterocycles. The second-order valence-corrected chi connectivity index (χ2v) is 22.8. The summed E-state index contributed by atoms with van der Waals surface area (Å²) >= 11 is 0. The molecule has 0 rings (SSSR count). The van der Waals surface area contributed by atoms with E-state index in [4.69, 9.17) is 14.2 Å². The number of carboxylic acids is 1. The molecule has 442 valence electrons. The Kier molecular flexibility index (Phi) is 51.1. The van der Waals surface area contributed by atoms with E-state index in [0.29, 0.717) is 19.3 Å². The molecule has 0 aromatic heterocycles. The van der Waals surface area contributed by atoms with Gasteiger partial charge in [0.05, 0.1) is 33.0 Å². The van der Waals surface area contributed by atoms with E-state index >= 15 is 0 Å². The molecule has 0 aromatic carbocycles. The molecule has 0 spiro atoms. The normalized spacial score (nSPS) is 12.1. The third kappa shape index (κ3) is 51.3. The van der Waals surface area contributed by atoms with Crippen molar-refractivity contribution in [1.29, 1.82) is 0 Å². The molecule has 0 unspecified atom stereocenters. The van der Waals surface area contributed by atoms with Crippen molar-refractivity contribution in [2.45, 2.75) is 302 Å². The van der Waals surface area contributed by atoms with Gasteiger partial charge in [-0.15, -0.1) is 0 Å². The number of hydrogen-bond donors (Lipinski definition) is 1. The lowest BCUT2D eigenvalue weighted by Crippen LogP contribution is -2.60. The highest BCUT2D eigenvalue weighted by Gasteiger charge is 2.38. The summed E-state index contributed by atoms with van der Waals surface area (Å²) in [7, 11) is 3.39. The molecule has 1 N–H and O–H groups in total. The van der Waals surface area contributed by atoms with Crippen molar-refractivity contribution in [3.05, 3.63) is 36.5 Å². The topological polar surface area (TPSA) is 148 Å². The van der Waals surface area contributed by atoms with Crippen LogP contribution in [0, 0.1) is 0 Å². The molecule has 1 amide bonds. The van der Waals surface area contributed by atoms with Crippen LogP contribution in [0.1, 0.15) is 297 Å². The van der Waals surface area contributed by atoms with Crippen molar-refractivity contribution < 1.29 is 47.8 Å². The summed E-state index contributed by atoms with van der Waals surface area (Å²) in [6.45, 7) is 5.55. The first-order valence-corrected chi connectivity index (χ1v) is 31.6. The Morgan fingerprint density at radius 1 is 0.382 bits per heavy atom. The first kappa shape index (κ1) is 72.5. The second kappa shape index (κ2) is 53.5. The standard InChI is InChI=1S/C65H118N2O9/c1-6-9-12-15-18-21-24-27-30-33-36-39-42-45-48-51-62(71)74-57-65(66-60(68)54-55-67(4,5)56-61(69)70,58-75-63(72)52-49-46-43-40-37-34-31-28-25-22-19-16-13-10-7-2)59-76-64(73)53-50-47-44-41-38-35-32-29-26-23-20-17-14-11-8-3/h27-32H,6-26,33-59H2,1-5H3,(H-,66,68,69,70)/b30-27-,31-28-,32-29-. The van der Waals surface area contributed by atoms with Gasteiger partial charge in [-0.3, -0.25) is 19.2 Å². The Balaban J connectivity index is 5.46. The van der Waals surface area contributed by atoms with Crippen molar-refractivity contribution in [2.24, 2.45) is 0 Å². The lowest BCUT2D eigenvalue weighted by molar-refractivity contribution is -0.884. The van der Waals surface area contributed by atoms with Crippen molar-refractivity contribution in [2.75, 3.05) is 47.0 Å². The average Bonchev–Trinajstić information content (AvgIpc) is 3.39. The number of carbonyl (C=O) groups excluding carboxylic acids is 5. The van der Waals surface area contributed by atoms with E-state index in [2.05, 4.69) is 62.5 Å². The highest BCUT2D eigenvalue weighted by Crippen LogP contribution is 2.18. The number of hydrogen-bond acceptors (Lipinski definition) is 9. The molecule has 0 radical (unpaired) electrons. The number of nitrogens with zero attached hydrogens (tertiary/aromatic N) is 1. The van der Waals surface area contributed by atoms with Crippen LogP contribution in [0.2, 0.25) is 0 Å². The van der Waals surface area contributed by atoms with Gasteiger partial charge in [-0.25, -0.2) is 0 Å². The summed E-state index contributed by atoms with van der Waals surface area (Å²) in [6.07, 6.45) is 59.0. The van der Waals surface area contributed by atoms with Gasteiger partial charge in [-0.1, -0.05) is 211 Å². The number of allylic oxidation sites excluding steroid dienone is 6. The number of aliphatic carboxylic acids is 1. The average molecular weight is 1070 g/mol. The third-order valence-corrected chi connectivity index (χ3v) is 14.4. The predicted octanol–water partition coefficient (Wildman–Crippen LogP) is 15.8. The van der Waals surface area contributed by atoms with Crippen LogP contribution in [-0.4, -0.2) is 86.8 Å². The minimum Gasteiger partial charge on any atom is -0.544 e. The zero-order valence-electron chi connectivity index (χ0n) is 50.0. The molecule has 76 heavy (non-hydrogen) atoms. The maximum Gasteiger partial charge on any atom is 0.305 e. The number of esters is 3. The fourth-order valence-corrected chi connectivity index (χ4v) is 9.32. The first-order chi connectivity index (χ1) is 36.9. The monoisotopic (exact) mass is 1070 g/mol. The van der Waals surface area contributed by atoms with Gasteiger partial charge in [-0.05, 0) is 96.3 Å². The van der Waals surface area contributed by atoms with Gasteiger partial charge in [0.2, 0.25) is 5.91 Å². The van der Waals surface area contributed by atoms with Crippen molar-refractivity contribution in [3.8, 4) is 0 Å². The number of unbranched alkanes of at least 4 members (excludes halogenated alkanes) is 33. The maximum absolute atomic E-state index is 13.7. The lowest BCUT2D eigenvalue weighted by atomic mass is 10.0. The first-order valence-electron chi connectivity index (χ1n) is 31.6. The summed E-state index contributed by atoms with van der Waals surface area (Å²) in [4.78, 5) is 64.9. The number of carboxylic acid groups (broad SMARTS) is 1. The minimum absolute atomic E-state index is 0.00355. The third-order valence-electron chi connectivity index (χ3n) is 14.4. The Bertz CT molecular complexity index is 1350. The summed E-state index contributed by atoms with van der Waals surface area (Å²) < 4.78 is 17.5. The number of rotatable bonds is 57. The molecule has 0 aromatic rings. The summed E-state index contributed by atoms with van der Waals surface area (Å²) in [6, 6.07) is 0. The van der Waals surface area contributed by atoms with Gasteiger partial charge in [0, 0.05) is 19.3 Å². The zero-order chi connectivity index (χ0) is 55.9. The van der Waals surface area contributed by atoms with Crippen LogP contribution in [-0.2, 0) is 38.2 Å². The number of quaternary nitrogens is 1. The van der Waals surface area contributed by atoms with Crippen molar-refractivity contribution >= 4 is 29.8 Å². The molecule has 0 aliphatic carbocycles. The summed E-state index contributed by atoms with van der Waals surface area (Å²) in [5.74, 6) is -3.03. The van der Waals surface area contributed by atoms with Gasteiger partial charge in [0.25, 0.3) is 0 Å². The van der Waals surface area contributed by atoms with E-state index in [1.54, 1.807) is 14.1 Å². The van der Waals surface area contributed by atoms with Crippen LogP contribution in [0.4, 0.5) is 0 Å².